The molecule has 0 aliphatic heterocycles. The second-order valence-corrected chi connectivity index (χ2v) is 7.25. The molecule has 0 radical (unpaired) electrons. The van der Waals surface area contributed by atoms with E-state index in [4.69, 9.17) is 4.74 Å². The molecule has 0 aliphatic carbocycles. The van der Waals surface area contributed by atoms with Gasteiger partial charge in [-0.3, -0.25) is 9.59 Å². The molecule has 0 bridgehead atoms. The number of amides is 2. The quantitative estimate of drug-likeness (QED) is 0.491. The summed E-state index contributed by atoms with van der Waals surface area (Å²) in [6.07, 6.45) is 3.18. The Labute approximate surface area is 185 Å². The van der Waals surface area contributed by atoms with Crippen LogP contribution in [0.2, 0.25) is 0 Å². The number of aryl methyl sites for hydroxylation is 2. The van der Waals surface area contributed by atoms with Gasteiger partial charge in [-0.2, -0.15) is 0 Å². The highest BCUT2D eigenvalue weighted by atomic mass is 16.5. The number of nitrogens with one attached hydrogen (secondary N) is 2. The summed E-state index contributed by atoms with van der Waals surface area (Å²) < 4.78 is 8.19. The molecule has 2 amide bonds. The minimum Gasteiger partial charge on any atom is -0.505 e. The molecule has 0 aliphatic rings. The predicted octanol–water partition coefficient (Wildman–Crippen LogP) is 3.01. The van der Waals surface area contributed by atoms with E-state index in [0.29, 0.717) is 11.3 Å². The van der Waals surface area contributed by atoms with Crippen LogP contribution in [-0.2, 0) is 16.6 Å². The van der Waals surface area contributed by atoms with Crippen LogP contribution in [0.1, 0.15) is 30.6 Å². The van der Waals surface area contributed by atoms with Crippen molar-refractivity contribution in [2.24, 2.45) is 7.05 Å². The number of aromatic nitrogens is 2. The van der Waals surface area contributed by atoms with Gasteiger partial charge in [0.15, 0.2) is 5.69 Å². The summed E-state index contributed by atoms with van der Waals surface area (Å²) in [5, 5.41) is 15.4. The fourth-order valence-corrected chi connectivity index (χ4v) is 3.42. The van der Waals surface area contributed by atoms with E-state index in [-0.39, 0.29) is 24.5 Å². The van der Waals surface area contributed by atoms with Crippen LogP contribution in [0.25, 0.3) is 5.69 Å². The number of nitrogens with zero attached hydrogens (tertiary/aromatic N) is 2. The summed E-state index contributed by atoms with van der Waals surface area (Å²) >= 11 is 0. The van der Waals surface area contributed by atoms with Gasteiger partial charge in [-0.25, -0.2) is 4.79 Å². The highest BCUT2D eigenvalue weighted by molar-refractivity contribution is 5.91. The minimum atomic E-state index is -0.750. The number of urea groups is 1. The average Bonchev–Trinajstić information content (AvgIpc) is 3.26. The number of ether oxygens (including phenoxy) is 1. The van der Waals surface area contributed by atoms with Crippen molar-refractivity contribution < 1.29 is 19.4 Å². The molecule has 32 heavy (non-hydrogen) atoms. The molecule has 9 heteroatoms. The fourth-order valence-electron chi connectivity index (χ4n) is 3.42. The van der Waals surface area contributed by atoms with E-state index >= 15 is 0 Å². The zero-order valence-electron chi connectivity index (χ0n) is 18.2. The Bertz CT molecular complexity index is 1170. The SMILES string of the molecule is CCOC(=O)C[C@H](NC(=O)Nc1c(O)c(C)cn(C)c1=O)c1cccn1-c1ccccc1. The molecule has 1 aromatic carbocycles. The van der Waals surface area contributed by atoms with Crippen molar-refractivity contribution >= 4 is 17.7 Å². The molecule has 168 valence electrons. The maximum absolute atomic E-state index is 12.8. The molecule has 9 nitrogen and oxygen atoms in total. The molecule has 0 unspecified atom stereocenters. The average molecular weight is 438 g/mol. The number of hydrogen-bond donors (Lipinski definition) is 3. The molecule has 1 atom stereocenters. The van der Waals surface area contributed by atoms with E-state index in [9.17, 15) is 19.5 Å². The Morgan fingerprint density at radius 2 is 1.88 bits per heavy atom. The van der Waals surface area contributed by atoms with Gasteiger partial charge in [0.2, 0.25) is 0 Å². The van der Waals surface area contributed by atoms with Gasteiger partial charge in [-0.05, 0) is 38.1 Å². The van der Waals surface area contributed by atoms with Gasteiger partial charge >= 0.3 is 12.0 Å². The number of carbonyl (C=O) groups is 2. The first kappa shape index (κ1) is 22.7. The molecule has 0 saturated heterocycles. The minimum absolute atomic E-state index is 0.115. The van der Waals surface area contributed by atoms with Crippen molar-refractivity contribution in [2.75, 3.05) is 11.9 Å². The van der Waals surface area contributed by atoms with Crippen LogP contribution in [-0.4, -0.2) is 32.8 Å². The number of esters is 1. The number of carbonyl (C=O) groups excluding carboxylic acids is 2. The molecular weight excluding hydrogens is 412 g/mol. The van der Waals surface area contributed by atoms with Gasteiger partial charge in [-0.15, -0.1) is 0 Å². The van der Waals surface area contributed by atoms with Crippen molar-refractivity contribution in [1.82, 2.24) is 14.5 Å². The summed E-state index contributed by atoms with van der Waals surface area (Å²) in [5.41, 5.74) is 1.15. The normalized spacial score (nSPS) is 11.6. The molecule has 3 aromatic rings. The molecule has 3 N–H and O–H groups in total. The van der Waals surface area contributed by atoms with Gasteiger partial charge in [0.1, 0.15) is 5.75 Å². The highest BCUT2D eigenvalue weighted by Crippen LogP contribution is 2.25. The zero-order valence-corrected chi connectivity index (χ0v) is 18.2. The Balaban J connectivity index is 1.90. The molecule has 2 heterocycles. The van der Waals surface area contributed by atoms with Crippen LogP contribution in [0.5, 0.6) is 5.75 Å². The predicted molar refractivity (Wildman–Crippen MR) is 120 cm³/mol. The Morgan fingerprint density at radius 1 is 1.16 bits per heavy atom. The first-order chi connectivity index (χ1) is 15.3. The second-order valence-electron chi connectivity index (χ2n) is 7.25. The summed E-state index contributed by atoms with van der Waals surface area (Å²) in [5.74, 6) is -0.786. The monoisotopic (exact) mass is 438 g/mol. The van der Waals surface area contributed by atoms with E-state index in [1.807, 2.05) is 47.2 Å². The summed E-state index contributed by atoms with van der Waals surface area (Å²) in [6, 6.07) is 11.6. The largest absolute Gasteiger partial charge is 0.505 e. The topological polar surface area (TPSA) is 115 Å². The summed E-state index contributed by atoms with van der Waals surface area (Å²) in [7, 11) is 1.52. The lowest BCUT2D eigenvalue weighted by molar-refractivity contribution is -0.143. The van der Waals surface area contributed by atoms with Crippen LogP contribution in [0, 0.1) is 6.92 Å². The van der Waals surface area contributed by atoms with E-state index < -0.39 is 23.6 Å². The van der Waals surface area contributed by atoms with Gasteiger partial charge in [0, 0.05) is 36.4 Å². The van der Waals surface area contributed by atoms with Crippen LogP contribution >= 0.6 is 0 Å². The first-order valence-electron chi connectivity index (χ1n) is 10.2. The van der Waals surface area contributed by atoms with Crippen molar-refractivity contribution in [2.45, 2.75) is 26.3 Å². The summed E-state index contributed by atoms with van der Waals surface area (Å²) in [4.78, 5) is 37.4. The molecule has 3 rings (SSSR count). The smallest absolute Gasteiger partial charge is 0.320 e. The van der Waals surface area contributed by atoms with Crippen molar-refractivity contribution in [3.63, 3.8) is 0 Å². The molecular formula is C23H26N4O5. The maximum Gasteiger partial charge on any atom is 0.320 e. The second kappa shape index (κ2) is 9.86. The number of aromatic hydroxyl groups is 1. The summed E-state index contributed by atoms with van der Waals surface area (Å²) in [6.45, 7) is 3.54. The molecule has 0 fully saturated rings. The number of benzene rings is 1. The lowest BCUT2D eigenvalue weighted by Crippen LogP contribution is -2.37. The number of pyridine rings is 1. The third kappa shape index (κ3) is 5.00. The number of rotatable bonds is 7. The van der Waals surface area contributed by atoms with Crippen molar-refractivity contribution in [3.8, 4) is 11.4 Å². The number of para-hydroxylation sites is 1. The lowest BCUT2D eigenvalue weighted by atomic mass is 10.1. The third-order valence-electron chi connectivity index (χ3n) is 4.92. The third-order valence-corrected chi connectivity index (χ3v) is 4.92. The van der Waals surface area contributed by atoms with E-state index in [2.05, 4.69) is 10.6 Å². The molecule has 0 spiro atoms. The maximum atomic E-state index is 12.8. The standard InChI is InChI=1S/C23H26N4O5/c1-4-32-19(28)13-17(18-11-8-12-27(18)16-9-6-5-7-10-16)24-23(31)25-20-21(29)15(2)14-26(3)22(20)30/h5-12,14,17,29H,4,13H2,1-3H3,(H2,24,25,31)/t17-/m0/s1. The van der Waals surface area contributed by atoms with Crippen molar-refractivity contribution in [3.05, 3.63) is 76.5 Å². The van der Waals surface area contributed by atoms with Crippen LogP contribution in [0.4, 0.5) is 10.5 Å². The van der Waals surface area contributed by atoms with Crippen LogP contribution in [0.15, 0.2) is 59.7 Å². The molecule has 2 aromatic heterocycles. The van der Waals surface area contributed by atoms with Crippen LogP contribution in [0.3, 0.4) is 0 Å². The van der Waals surface area contributed by atoms with Crippen LogP contribution < -0.4 is 16.2 Å². The van der Waals surface area contributed by atoms with E-state index in [1.165, 1.54) is 17.8 Å². The lowest BCUT2D eigenvalue weighted by Gasteiger charge is -2.21. The van der Waals surface area contributed by atoms with Gasteiger partial charge < -0.3 is 29.6 Å². The van der Waals surface area contributed by atoms with Gasteiger partial charge in [0.25, 0.3) is 5.56 Å². The van der Waals surface area contributed by atoms with E-state index in [1.54, 1.807) is 19.9 Å². The fraction of sp³-hybridized carbons (Fsp3) is 0.261. The first-order valence-corrected chi connectivity index (χ1v) is 10.2. The molecule has 0 saturated carbocycles. The number of anilines is 1. The van der Waals surface area contributed by atoms with Gasteiger partial charge in [0.05, 0.1) is 19.1 Å². The number of hydrogen-bond acceptors (Lipinski definition) is 5. The van der Waals surface area contributed by atoms with E-state index in [0.717, 1.165) is 5.69 Å². The highest BCUT2D eigenvalue weighted by Gasteiger charge is 2.24. The van der Waals surface area contributed by atoms with Gasteiger partial charge in [-0.1, -0.05) is 18.2 Å². The van der Waals surface area contributed by atoms with Crippen molar-refractivity contribution in [1.29, 1.82) is 0 Å². The Morgan fingerprint density at radius 3 is 2.56 bits per heavy atom. The Hall–Kier alpha value is -4.01. The zero-order chi connectivity index (χ0) is 23.3. The Kier molecular flexibility index (Phi) is 6.99.